The third-order valence-corrected chi connectivity index (χ3v) is 31.8. The van der Waals surface area contributed by atoms with Crippen molar-refractivity contribution in [2.24, 2.45) is 0 Å². The van der Waals surface area contributed by atoms with Gasteiger partial charge in [-0.1, -0.05) is 386 Å². The molecule has 6 heterocycles. The SMILES string of the molecule is CC1(C)c2ccccc2-c2cc(-c3ccc4c5ccccc5n(-c5ccc6ccccc6c5)c4c3)ccc21.CC1(C)c2ccccc2-c2cc(-c3ccc4c5ccccc5n(-c5ccccc5)c4c3)ccc21.Cc1cc(C)cc(-n2c3ccccc3c3ccc(-c4ccc5oc6ccccc6c5c4)cc32)c1.c1ccc(-c2cc(-c3ccccc3)cc(-n3c4ccccc4c4ccc(-c5ccc6oc7ccccc7c6c5)cc43)c2)cc1. The Hall–Kier alpha value is -18.9. The summed E-state index contributed by atoms with van der Waals surface area (Å²) in [7, 11) is 0. The number of para-hydroxylation sites is 7. The molecule has 23 aromatic carbocycles. The molecule has 0 radical (unpaired) electrons. The summed E-state index contributed by atoms with van der Waals surface area (Å²) in [5.41, 5.74) is 46.5. The Bertz CT molecular complexity index is 10400. The second-order valence-electron chi connectivity index (χ2n) is 41.5. The molecule has 6 aromatic heterocycles. The third kappa shape index (κ3) is 14.9. The van der Waals surface area contributed by atoms with Gasteiger partial charge in [0.1, 0.15) is 22.3 Å². The van der Waals surface area contributed by atoms with Gasteiger partial charge in [-0.15, -0.1) is 0 Å². The summed E-state index contributed by atoms with van der Waals surface area (Å²) in [5.74, 6) is 0. The fraction of sp³-hybridized carbons (Fsp3) is 0.0556. The summed E-state index contributed by atoms with van der Waals surface area (Å²) < 4.78 is 21.8. The number of fused-ring (bicyclic) bond motifs is 25. The van der Waals surface area contributed by atoms with E-state index in [1.807, 2.05) is 24.3 Å². The molecule has 0 saturated carbocycles. The number of furan rings is 2. The van der Waals surface area contributed by atoms with Crippen LogP contribution in [0.4, 0.5) is 0 Å². The number of hydrogen-bond donors (Lipinski definition) is 0. The van der Waals surface area contributed by atoms with E-state index >= 15 is 0 Å². The molecule has 2 aliphatic carbocycles. The minimum Gasteiger partial charge on any atom is -0.456 e. The summed E-state index contributed by atoms with van der Waals surface area (Å²) in [4.78, 5) is 0. The highest BCUT2D eigenvalue weighted by atomic mass is 16.3. The molecular formula is C144H102N4O2. The quantitative estimate of drug-likeness (QED) is 0.137. The van der Waals surface area contributed by atoms with Gasteiger partial charge in [-0.25, -0.2) is 0 Å². The topological polar surface area (TPSA) is 46.0 Å². The van der Waals surface area contributed by atoms with Crippen molar-refractivity contribution < 1.29 is 8.83 Å². The van der Waals surface area contributed by atoms with Crippen LogP contribution in [0.25, 0.3) is 254 Å². The van der Waals surface area contributed by atoms with E-state index < -0.39 is 0 Å². The summed E-state index contributed by atoms with van der Waals surface area (Å²) in [6, 6.07) is 185. The van der Waals surface area contributed by atoms with Gasteiger partial charge in [-0.05, 0) is 299 Å². The van der Waals surface area contributed by atoms with Crippen molar-refractivity contribution in [2.75, 3.05) is 0 Å². The molecule has 31 rings (SSSR count). The Kier molecular flexibility index (Phi) is 21.0. The van der Waals surface area contributed by atoms with Crippen molar-refractivity contribution in [3.05, 3.63) is 543 Å². The standard InChI is InChI=1S/C42H27NO.C37H27N.C33H25N.C32H23NO/c1-3-11-28(12-4-1)32-23-33(29-13-5-2-6-14-29)25-34(24-32)43-39-17-9-7-15-35(39)36-21-19-31(27-40(36)43)30-20-22-42-38(26-30)37-16-8-10-18-41(37)44-42;1-37(2)33-13-7-5-11-29(33)32-22-26(17-20-34(32)37)27-16-19-31-30-12-6-8-14-35(30)38(36(31)23-27)28-18-15-24-9-3-4-10-25(24)21-28;1-33(2)29-14-8-6-12-25(29)28-20-22(17-19-30(28)33)23-16-18-27-26-13-7-9-15-31(26)34(32(27)21-23)24-10-4-3-5-11-24;1-20-15-21(2)17-24(16-20)33-29-9-5-3-7-25(29)26-13-11-23(19-30(26)33)22-12-14-32-28(18-22)27-8-4-6-10-31(27)34-32/h1-27H;3-23H,1-2H3;3-21H,1-2H3;3-19H,1-2H3. The molecule has 6 heteroatoms. The molecule has 0 fully saturated rings. The van der Waals surface area contributed by atoms with Crippen molar-refractivity contribution in [3.63, 3.8) is 0 Å². The normalized spacial score (nSPS) is 12.7. The van der Waals surface area contributed by atoms with Gasteiger partial charge in [0.05, 0.1) is 44.1 Å². The van der Waals surface area contributed by atoms with Crippen LogP contribution in [0.15, 0.2) is 518 Å². The van der Waals surface area contributed by atoms with Crippen LogP contribution in [0.5, 0.6) is 0 Å². The molecule has 0 N–H and O–H groups in total. The van der Waals surface area contributed by atoms with E-state index in [4.69, 9.17) is 8.83 Å². The molecule has 29 aromatic rings. The van der Waals surface area contributed by atoms with Gasteiger partial charge in [0.25, 0.3) is 0 Å². The number of aryl methyl sites for hydroxylation is 2. The van der Waals surface area contributed by atoms with Crippen LogP contribution in [-0.4, -0.2) is 18.3 Å². The summed E-state index contributed by atoms with van der Waals surface area (Å²) in [6.07, 6.45) is 0. The highest BCUT2D eigenvalue weighted by molar-refractivity contribution is 6.16. The molecule has 0 aliphatic heterocycles. The zero-order valence-corrected chi connectivity index (χ0v) is 84.1. The van der Waals surface area contributed by atoms with E-state index in [0.717, 1.165) is 49.6 Å². The Labute approximate surface area is 869 Å². The molecule has 0 saturated heterocycles. The first-order valence-corrected chi connectivity index (χ1v) is 52.0. The predicted octanol–water partition coefficient (Wildman–Crippen LogP) is 39.3. The molecule has 710 valence electrons. The second-order valence-corrected chi connectivity index (χ2v) is 41.5. The Morgan fingerprint density at radius 1 is 0.153 bits per heavy atom. The van der Waals surface area contributed by atoms with Crippen LogP contribution in [0.2, 0.25) is 0 Å². The number of nitrogens with zero attached hydrogens (tertiary/aromatic N) is 4. The first-order valence-electron chi connectivity index (χ1n) is 52.0. The molecule has 0 atom stereocenters. The van der Waals surface area contributed by atoms with Crippen LogP contribution in [0, 0.1) is 13.8 Å². The Morgan fingerprint density at radius 3 is 0.880 bits per heavy atom. The average Bonchev–Trinajstić information content (AvgIpc) is 1.58. The predicted molar refractivity (Wildman–Crippen MR) is 632 cm³/mol. The highest BCUT2D eigenvalue weighted by Crippen LogP contribution is 2.53. The van der Waals surface area contributed by atoms with Crippen LogP contribution >= 0.6 is 0 Å². The van der Waals surface area contributed by atoms with Gasteiger partial charge in [-0.2, -0.15) is 0 Å². The maximum absolute atomic E-state index is 6.12. The molecule has 0 bridgehead atoms. The van der Waals surface area contributed by atoms with Gasteiger partial charge in [-0.3, -0.25) is 0 Å². The lowest BCUT2D eigenvalue weighted by atomic mass is 9.82. The van der Waals surface area contributed by atoms with E-state index in [2.05, 4.69) is 545 Å². The zero-order valence-electron chi connectivity index (χ0n) is 84.1. The van der Waals surface area contributed by atoms with E-state index in [-0.39, 0.29) is 10.8 Å². The van der Waals surface area contributed by atoms with E-state index in [1.165, 1.54) is 237 Å². The summed E-state index contributed by atoms with van der Waals surface area (Å²) in [6.45, 7) is 13.7. The number of hydrogen-bond acceptors (Lipinski definition) is 2. The fourth-order valence-corrected chi connectivity index (χ4v) is 24.6. The zero-order chi connectivity index (χ0) is 100. The number of rotatable bonds is 10. The molecule has 0 spiro atoms. The van der Waals surface area contributed by atoms with Crippen LogP contribution in [-0.2, 0) is 10.8 Å². The highest BCUT2D eigenvalue weighted by Gasteiger charge is 2.37. The van der Waals surface area contributed by atoms with Crippen molar-refractivity contribution in [2.45, 2.75) is 52.4 Å². The molecule has 2 aliphatic rings. The largest absolute Gasteiger partial charge is 0.456 e. The van der Waals surface area contributed by atoms with Gasteiger partial charge in [0.15, 0.2) is 0 Å². The average molecular weight is 1920 g/mol. The summed E-state index contributed by atoms with van der Waals surface area (Å²) in [5, 5.41) is 17.3. The maximum Gasteiger partial charge on any atom is 0.135 e. The first kappa shape index (κ1) is 88.8. The van der Waals surface area contributed by atoms with Crippen LogP contribution in [0.1, 0.15) is 61.1 Å². The second kappa shape index (κ2) is 35.5. The van der Waals surface area contributed by atoms with Gasteiger partial charge >= 0.3 is 0 Å². The van der Waals surface area contributed by atoms with Crippen molar-refractivity contribution in [1.29, 1.82) is 0 Å². The third-order valence-electron chi connectivity index (χ3n) is 31.8. The first-order chi connectivity index (χ1) is 73.7. The number of aromatic nitrogens is 4. The fourth-order valence-electron chi connectivity index (χ4n) is 24.6. The molecule has 150 heavy (non-hydrogen) atoms. The summed E-state index contributed by atoms with van der Waals surface area (Å²) >= 11 is 0. The Morgan fingerprint density at radius 2 is 0.453 bits per heavy atom. The molecule has 0 amide bonds. The minimum absolute atomic E-state index is 0.0247. The van der Waals surface area contributed by atoms with Crippen molar-refractivity contribution >= 4 is 142 Å². The van der Waals surface area contributed by atoms with Gasteiger partial charge < -0.3 is 27.1 Å². The van der Waals surface area contributed by atoms with Crippen LogP contribution < -0.4 is 0 Å². The van der Waals surface area contributed by atoms with E-state index in [1.54, 1.807) is 0 Å². The smallest absolute Gasteiger partial charge is 0.135 e. The lowest BCUT2D eigenvalue weighted by Gasteiger charge is -2.21. The van der Waals surface area contributed by atoms with Gasteiger partial charge in [0, 0.05) is 98.2 Å². The molecule has 6 nitrogen and oxygen atoms in total. The van der Waals surface area contributed by atoms with Crippen LogP contribution in [0.3, 0.4) is 0 Å². The minimum atomic E-state index is 0.0247. The lowest BCUT2D eigenvalue weighted by Crippen LogP contribution is -2.14. The van der Waals surface area contributed by atoms with Crippen molar-refractivity contribution in [1.82, 2.24) is 18.3 Å². The van der Waals surface area contributed by atoms with Gasteiger partial charge in [0.2, 0.25) is 0 Å². The van der Waals surface area contributed by atoms with E-state index in [0.29, 0.717) is 0 Å². The molecular weight excluding hydrogens is 1820 g/mol. The number of benzene rings is 23. The maximum atomic E-state index is 6.12. The molecule has 0 unspecified atom stereocenters. The lowest BCUT2D eigenvalue weighted by molar-refractivity contribution is 0.660. The monoisotopic (exact) mass is 1920 g/mol. The Balaban J connectivity index is 0.0000000966. The van der Waals surface area contributed by atoms with E-state index in [9.17, 15) is 0 Å². The van der Waals surface area contributed by atoms with Crippen molar-refractivity contribution in [3.8, 4) is 112 Å².